The minimum absolute atomic E-state index is 0.0228. The lowest BCUT2D eigenvalue weighted by Gasteiger charge is -2.33. The van der Waals surface area contributed by atoms with Crippen molar-refractivity contribution < 1.29 is 37.4 Å². The zero-order valence-electron chi connectivity index (χ0n) is 30.0. The molecule has 0 aliphatic carbocycles. The highest BCUT2D eigenvalue weighted by Gasteiger charge is 2.40. The number of quaternary nitrogens is 1. The van der Waals surface area contributed by atoms with E-state index in [0.717, 1.165) is 23.5 Å². The van der Waals surface area contributed by atoms with Gasteiger partial charge in [0.1, 0.15) is 0 Å². The molecule has 0 spiro atoms. The van der Waals surface area contributed by atoms with E-state index in [0.29, 0.717) is 39.5 Å². The molecule has 0 rings (SSSR count). The maximum atomic E-state index is 9.21. The third kappa shape index (κ3) is 27.1. The van der Waals surface area contributed by atoms with Crippen LogP contribution in [0.3, 0.4) is 0 Å². The zero-order chi connectivity index (χ0) is 32.6. The van der Waals surface area contributed by atoms with Gasteiger partial charge in [0.25, 0.3) is 0 Å². The molecule has 0 bridgehead atoms. The Morgan fingerprint density at radius 2 is 1.07 bits per heavy atom. The van der Waals surface area contributed by atoms with Crippen LogP contribution in [-0.4, -0.2) is 110 Å². The second kappa shape index (κ2) is 31.5. The first-order chi connectivity index (χ1) is 21.4. The molecule has 0 aromatic heterocycles. The predicted molar refractivity (Wildman–Crippen MR) is 185 cm³/mol. The average Bonchev–Trinajstić information content (AvgIpc) is 2.99. The third-order valence-electron chi connectivity index (χ3n) is 8.34. The SMILES string of the molecule is CCCCCCCCCCCCCCCCCC[N+](C)(C)CCC[Si](OCC)(OCC)OCCOCC(CCO)OCCO. The van der Waals surface area contributed by atoms with Crippen molar-refractivity contribution in [1.82, 2.24) is 0 Å². The van der Waals surface area contributed by atoms with Gasteiger partial charge in [-0.1, -0.05) is 96.8 Å². The van der Waals surface area contributed by atoms with Gasteiger partial charge in [0, 0.05) is 32.3 Å². The van der Waals surface area contributed by atoms with E-state index < -0.39 is 8.80 Å². The number of hydrogen-bond donors (Lipinski definition) is 2. The first-order valence-corrected chi connectivity index (χ1v) is 20.5. The van der Waals surface area contributed by atoms with Crippen molar-refractivity contribution in [3.05, 3.63) is 0 Å². The molecule has 0 fully saturated rings. The van der Waals surface area contributed by atoms with Gasteiger partial charge in [-0.25, -0.2) is 0 Å². The van der Waals surface area contributed by atoms with Gasteiger partial charge >= 0.3 is 8.80 Å². The van der Waals surface area contributed by atoms with Crippen molar-refractivity contribution in [1.29, 1.82) is 0 Å². The zero-order valence-corrected chi connectivity index (χ0v) is 31.0. The summed E-state index contributed by atoms with van der Waals surface area (Å²) in [5.41, 5.74) is 0. The fourth-order valence-electron chi connectivity index (χ4n) is 5.75. The van der Waals surface area contributed by atoms with Crippen LogP contribution >= 0.6 is 0 Å². The van der Waals surface area contributed by atoms with E-state index in [4.69, 9.17) is 27.9 Å². The molecule has 0 aliphatic rings. The summed E-state index contributed by atoms with van der Waals surface area (Å²) in [6, 6.07) is 0.808. The molecule has 44 heavy (non-hydrogen) atoms. The summed E-state index contributed by atoms with van der Waals surface area (Å²) in [6.07, 6.45) is 23.7. The third-order valence-corrected chi connectivity index (χ3v) is 11.4. The largest absolute Gasteiger partial charge is 0.501 e. The fourth-order valence-corrected chi connectivity index (χ4v) is 8.30. The van der Waals surface area contributed by atoms with Crippen LogP contribution in [0.2, 0.25) is 6.04 Å². The van der Waals surface area contributed by atoms with Crippen molar-refractivity contribution >= 4 is 8.80 Å². The summed E-state index contributed by atoms with van der Waals surface area (Å²) < 4.78 is 30.8. The van der Waals surface area contributed by atoms with Gasteiger partial charge in [-0.05, 0) is 33.1 Å². The number of hydrogen-bond acceptors (Lipinski definition) is 7. The van der Waals surface area contributed by atoms with Crippen LogP contribution in [0, 0.1) is 0 Å². The highest BCUT2D eigenvalue weighted by atomic mass is 28.4. The summed E-state index contributed by atoms with van der Waals surface area (Å²) in [7, 11) is 1.90. The highest BCUT2D eigenvalue weighted by Crippen LogP contribution is 2.20. The normalized spacial score (nSPS) is 13.2. The van der Waals surface area contributed by atoms with Crippen molar-refractivity contribution in [2.75, 3.05) is 80.0 Å². The Kier molecular flexibility index (Phi) is 31.4. The van der Waals surface area contributed by atoms with E-state index in [1.807, 2.05) is 13.8 Å². The van der Waals surface area contributed by atoms with E-state index in [-0.39, 0.29) is 25.9 Å². The molecule has 1 atom stereocenters. The second-order valence-electron chi connectivity index (χ2n) is 13.0. The Morgan fingerprint density at radius 3 is 1.55 bits per heavy atom. The van der Waals surface area contributed by atoms with Gasteiger partial charge in [0.2, 0.25) is 0 Å². The van der Waals surface area contributed by atoms with Crippen LogP contribution in [0.15, 0.2) is 0 Å². The number of unbranched alkanes of at least 4 members (excludes halogenated alkanes) is 15. The fraction of sp³-hybridized carbons (Fsp3) is 1.00. The second-order valence-corrected chi connectivity index (χ2v) is 15.7. The van der Waals surface area contributed by atoms with Gasteiger partial charge < -0.3 is 37.4 Å². The van der Waals surface area contributed by atoms with Gasteiger partial charge in [0.15, 0.2) is 0 Å². The van der Waals surface area contributed by atoms with E-state index in [1.165, 1.54) is 109 Å². The molecule has 266 valence electrons. The van der Waals surface area contributed by atoms with Gasteiger partial charge in [0.05, 0.1) is 66.3 Å². The molecular weight excluding hydrogens is 574 g/mol. The van der Waals surface area contributed by atoms with E-state index in [9.17, 15) is 5.11 Å². The summed E-state index contributed by atoms with van der Waals surface area (Å²) in [4.78, 5) is 0. The maximum Gasteiger partial charge on any atom is 0.501 e. The molecule has 0 radical (unpaired) electrons. The molecule has 2 N–H and O–H groups in total. The van der Waals surface area contributed by atoms with Crippen LogP contribution in [-0.2, 0) is 22.8 Å². The number of nitrogens with zero attached hydrogens (tertiary/aromatic N) is 1. The molecule has 0 aliphatic heterocycles. The van der Waals surface area contributed by atoms with Crippen molar-refractivity contribution in [2.24, 2.45) is 0 Å². The number of ether oxygens (including phenoxy) is 2. The standard InChI is InChI=1S/C35H76NO7Si/c1-6-9-10-11-12-13-14-15-16-17-18-19-20-21-22-23-26-36(4,5)27-24-33-44(41-7-2,42-8-3)43-32-31-39-34-35(25-28-37)40-30-29-38/h35,37-38H,6-34H2,1-5H3/q+1. The average molecular weight is 651 g/mol. The number of aliphatic hydroxyl groups excluding tert-OH is 2. The lowest BCUT2D eigenvalue weighted by molar-refractivity contribution is -0.890. The monoisotopic (exact) mass is 651 g/mol. The molecule has 1 unspecified atom stereocenters. The Morgan fingerprint density at radius 1 is 0.568 bits per heavy atom. The van der Waals surface area contributed by atoms with Crippen molar-refractivity contribution in [2.45, 2.75) is 148 Å². The first kappa shape index (κ1) is 43.9. The Labute approximate surface area is 274 Å². The van der Waals surface area contributed by atoms with Crippen LogP contribution in [0.5, 0.6) is 0 Å². The molecule has 0 aromatic carbocycles. The van der Waals surface area contributed by atoms with Gasteiger partial charge in [-0.2, -0.15) is 0 Å². The van der Waals surface area contributed by atoms with E-state index >= 15 is 0 Å². The topological polar surface area (TPSA) is 86.6 Å². The van der Waals surface area contributed by atoms with Crippen LogP contribution in [0.4, 0.5) is 0 Å². The van der Waals surface area contributed by atoms with E-state index in [1.54, 1.807) is 0 Å². The predicted octanol–water partition coefficient (Wildman–Crippen LogP) is 7.52. The Balaban J connectivity index is 4.10. The lowest BCUT2D eigenvalue weighted by Crippen LogP contribution is -2.48. The van der Waals surface area contributed by atoms with Crippen molar-refractivity contribution in [3.63, 3.8) is 0 Å². The number of rotatable bonds is 36. The quantitative estimate of drug-likeness (QED) is 0.0412. The van der Waals surface area contributed by atoms with Crippen molar-refractivity contribution in [3.8, 4) is 0 Å². The number of aliphatic hydroxyl groups is 2. The molecule has 9 heteroatoms. The molecular formula is C35H76NO7Si+. The molecule has 0 amide bonds. The molecule has 8 nitrogen and oxygen atoms in total. The van der Waals surface area contributed by atoms with Crippen LogP contribution in [0.25, 0.3) is 0 Å². The van der Waals surface area contributed by atoms with Gasteiger partial charge in [-0.15, -0.1) is 0 Å². The summed E-state index contributed by atoms with van der Waals surface area (Å²) in [6.45, 7) is 11.1. The van der Waals surface area contributed by atoms with Crippen LogP contribution in [0.1, 0.15) is 136 Å². The first-order valence-electron chi connectivity index (χ1n) is 18.5. The highest BCUT2D eigenvalue weighted by molar-refractivity contribution is 6.60. The van der Waals surface area contributed by atoms with E-state index in [2.05, 4.69) is 21.0 Å². The Hall–Kier alpha value is -0.103. The molecule has 0 saturated carbocycles. The smallest absolute Gasteiger partial charge is 0.396 e. The molecule has 0 aromatic rings. The summed E-state index contributed by atoms with van der Waals surface area (Å²) in [5, 5.41) is 18.2. The Bertz CT molecular complexity index is 579. The minimum atomic E-state index is -2.78. The summed E-state index contributed by atoms with van der Waals surface area (Å²) >= 11 is 0. The molecule has 0 saturated heterocycles. The van der Waals surface area contributed by atoms with Crippen LogP contribution < -0.4 is 0 Å². The lowest BCUT2D eigenvalue weighted by atomic mass is 10.0. The molecule has 0 heterocycles. The minimum Gasteiger partial charge on any atom is -0.396 e. The van der Waals surface area contributed by atoms with Gasteiger partial charge in [-0.3, -0.25) is 0 Å². The summed E-state index contributed by atoms with van der Waals surface area (Å²) in [5.74, 6) is 0. The maximum absolute atomic E-state index is 9.21.